The molecule has 0 spiro atoms. The first kappa shape index (κ1) is 33.8. The fraction of sp³-hybridized carbons (Fsp3) is 0. The number of aromatic nitrogens is 1. The summed E-state index contributed by atoms with van der Waals surface area (Å²) in [4.78, 5) is 0. The monoisotopic (exact) mass is 769 g/mol. The molecule has 12 rings (SSSR count). The van der Waals surface area contributed by atoms with E-state index in [0.717, 1.165) is 67.2 Å². The summed E-state index contributed by atoms with van der Waals surface area (Å²) in [5.74, 6) is 3.43. The molecule has 10 aromatic rings. The molecular formula is C54H36BNO2Si. The summed E-state index contributed by atoms with van der Waals surface area (Å²) in [6.07, 6.45) is 0. The van der Waals surface area contributed by atoms with Crippen molar-refractivity contribution < 1.29 is 9.47 Å². The van der Waals surface area contributed by atoms with Crippen LogP contribution >= 0.6 is 0 Å². The van der Waals surface area contributed by atoms with Crippen molar-refractivity contribution in [2.45, 2.75) is 0 Å². The van der Waals surface area contributed by atoms with Crippen LogP contribution in [-0.4, -0.2) is 19.4 Å². The van der Waals surface area contributed by atoms with Gasteiger partial charge in [0.25, 0.3) is 6.71 Å². The van der Waals surface area contributed by atoms with Gasteiger partial charge in [0, 0.05) is 27.9 Å². The van der Waals surface area contributed by atoms with Crippen molar-refractivity contribution in [2.24, 2.45) is 0 Å². The second-order valence-corrected chi connectivity index (χ2v) is 19.4. The fourth-order valence-electron chi connectivity index (χ4n) is 9.98. The molecule has 0 fully saturated rings. The number of hydrogen-bond acceptors (Lipinski definition) is 2. The molecule has 9 aromatic carbocycles. The number of fused-ring (bicyclic) bond motifs is 7. The fourth-order valence-corrected chi connectivity index (χ4v) is 14.7. The van der Waals surface area contributed by atoms with Gasteiger partial charge in [-0.15, -0.1) is 0 Å². The van der Waals surface area contributed by atoms with Gasteiger partial charge in [-0.25, -0.2) is 0 Å². The second kappa shape index (κ2) is 13.4. The summed E-state index contributed by atoms with van der Waals surface area (Å²) in [5.41, 5.74) is 9.03. The largest absolute Gasteiger partial charge is 0.458 e. The van der Waals surface area contributed by atoms with Gasteiger partial charge in [-0.2, -0.15) is 0 Å². The minimum atomic E-state index is -2.72. The van der Waals surface area contributed by atoms with Crippen LogP contribution in [0.5, 0.6) is 23.0 Å². The molecule has 0 radical (unpaired) electrons. The summed E-state index contributed by atoms with van der Waals surface area (Å²) in [6.45, 7) is -0.0468. The molecule has 276 valence electrons. The highest BCUT2D eigenvalue weighted by molar-refractivity contribution is 7.19. The van der Waals surface area contributed by atoms with Crippen LogP contribution in [0, 0.1) is 0 Å². The van der Waals surface area contributed by atoms with Gasteiger partial charge in [-0.3, -0.25) is 0 Å². The van der Waals surface area contributed by atoms with Crippen molar-refractivity contribution >= 4 is 73.7 Å². The topological polar surface area (TPSA) is 23.4 Å². The van der Waals surface area contributed by atoms with Gasteiger partial charge in [-0.1, -0.05) is 182 Å². The van der Waals surface area contributed by atoms with Crippen LogP contribution in [-0.2, 0) is 0 Å². The quantitative estimate of drug-likeness (QED) is 0.125. The number of para-hydroxylation sites is 3. The summed E-state index contributed by atoms with van der Waals surface area (Å²) < 4.78 is 15.9. The molecule has 0 atom stereocenters. The van der Waals surface area contributed by atoms with Gasteiger partial charge in [0.1, 0.15) is 23.0 Å². The number of nitrogens with zero attached hydrogens (tertiary/aromatic N) is 1. The van der Waals surface area contributed by atoms with E-state index in [2.05, 4.69) is 217 Å². The lowest BCUT2D eigenvalue weighted by Crippen LogP contribution is -2.74. The van der Waals surface area contributed by atoms with Crippen LogP contribution in [0.4, 0.5) is 0 Å². The Balaban J connectivity index is 1.13. The molecule has 3 nitrogen and oxygen atoms in total. The number of benzene rings is 9. The van der Waals surface area contributed by atoms with Crippen molar-refractivity contribution in [3.8, 4) is 39.8 Å². The molecule has 2 aliphatic rings. The first-order valence-electron chi connectivity index (χ1n) is 20.3. The van der Waals surface area contributed by atoms with Crippen LogP contribution in [0.25, 0.3) is 38.6 Å². The first-order chi connectivity index (χ1) is 29.3. The molecule has 1 aromatic heterocycles. The SMILES string of the molecule is c1ccc([Si](c2ccccc2)(c2ccccc2)c2ccc(-c3cc4c(cc3-n3c5ccccc5c5ccccc53)Oc3cccc5c3B4c3ccccc3O5)cc2)cc1. The third kappa shape index (κ3) is 5.08. The number of rotatable bonds is 6. The molecule has 0 saturated heterocycles. The Labute approximate surface area is 344 Å². The molecule has 0 unspecified atom stereocenters. The van der Waals surface area contributed by atoms with Crippen LogP contribution in [0.1, 0.15) is 0 Å². The van der Waals surface area contributed by atoms with Crippen LogP contribution in [0.15, 0.2) is 218 Å². The van der Waals surface area contributed by atoms with E-state index in [0.29, 0.717) is 0 Å². The first-order valence-corrected chi connectivity index (χ1v) is 22.3. The molecule has 0 saturated carbocycles. The Morgan fingerprint density at radius 2 is 0.847 bits per heavy atom. The summed E-state index contributed by atoms with van der Waals surface area (Å²) in [7, 11) is -2.72. The van der Waals surface area contributed by atoms with Gasteiger partial charge in [0.2, 0.25) is 0 Å². The lowest BCUT2D eigenvalue weighted by molar-refractivity contribution is 0.464. The van der Waals surface area contributed by atoms with E-state index in [-0.39, 0.29) is 6.71 Å². The van der Waals surface area contributed by atoms with Crippen LogP contribution in [0.3, 0.4) is 0 Å². The highest BCUT2D eigenvalue weighted by atomic mass is 28.3. The van der Waals surface area contributed by atoms with Gasteiger partial charge < -0.3 is 14.0 Å². The maximum atomic E-state index is 6.92. The molecule has 2 aliphatic heterocycles. The van der Waals surface area contributed by atoms with Crippen molar-refractivity contribution in [2.75, 3.05) is 0 Å². The summed E-state index contributed by atoms with van der Waals surface area (Å²) in [5, 5.41) is 7.85. The summed E-state index contributed by atoms with van der Waals surface area (Å²) >= 11 is 0. The van der Waals surface area contributed by atoms with Crippen molar-refractivity contribution in [1.29, 1.82) is 0 Å². The highest BCUT2D eigenvalue weighted by Gasteiger charge is 2.42. The summed E-state index contributed by atoms with van der Waals surface area (Å²) in [6, 6.07) is 79.6. The van der Waals surface area contributed by atoms with E-state index in [1.165, 1.54) is 31.5 Å². The maximum Gasteiger partial charge on any atom is 0.260 e. The van der Waals surface area contributed by atoms with Crippen LogP contribution < -0.4 is 46.6 Å². The van der Waals surface area contributed by atoms with E-state index in [1.807, 2.05) is 6.07 Å². The molecule has 0 bridgehead atoms. The third-order valence-corrected chi connectivity index (χ3v) is 17.3. The van der Waals surface area contributed by atoms with E-state index >= 15 is 0 Å². The predicted molar refractivity (Wildman–Crippen MR) is 248 cm³/mol. The second-order valence-electron chi connectivity index (χ2n) is 15.5. The Hall–Kier alpha value is -7.34. The lowest BCUT2D eigenvalue weighted by atomic mass is 9.34. The van der Waals surface area contributed by atoms with Crippen molar-refractivity contribution in [1.82, 2.24) is 4.57 Å². The minimum absolute atomic E-state index is 0.0468. The van der Waals surface area contributed by atoms with Gasteiger partial charge in [0.15, 0.2) is 8.07 Å². The van der Waals surface area contributed by atoms with E-state index < -0.39 is 8.07 Å². The molecule has 59 heavy (non-hydrogen) atoms. The smallest absolute Gasteiger partial charge is 0.260 e. The third-order valence-electron chi connectivity index (χ3n) is 12.5. The van der Waals surface area contributed by atoms with Crippen molar-refractivity contribution in [3.63, 3.8) is 0 Å². The van der Waals surface area contributed by atoms with Gasteiger partial charge in [-0.05, 0) is 67.6 Å². The zero-order valence-corrected chi connectivity index (χ0v) is 33.1. The highest BCUT2D eigenvalue weighted by Crippen LogP contribution is 2.41. The van der Waals surface area contributed by atoms with E-state index in [9.17, 15) is 0 Å². The zero-order valence-electron chi connectivity index (χ0n) is 32.1. The zero-order chi connectivity index (χ0) is 38.9. The van der Waals surface area contributed by atoms with Gasteiger partial charge >= 0.3 is 0 Å². The molecule has 0 amide bonds. The average Bonchev–Trinajstić information content (AvgIpc) is 3.64. The maximum absolute atomic E-state index is 6.92. The Bertz CT molecular complexity index is 3070. The Morgan fingerprint density at radius 1 is 0.373 bits per heavy atom. The Kier molecular flexibility index (Phi) is 7.65. The number of ether oxygens (including phenoxy) is 2. The standard InChI is InChI=1S/C54H36BNO2Si/c1-4-17-38(18-5-1)59(39-19-6-2-7-20-39,40-21-8-3-9-22-40)41-33-31-37(32-34-41)44-35-46-53(36-49(44)56-47-26-13-10-23-42(47)43-24-11-14-27-48(43)56)58-52-30-16-29-51-54(52)55(46)45-25-12-15-28-50(45)57-51/h1-36H. The molecule has 3 heterocycles. The van der Waals surface area contributed by atoms with Crippen molar-refractivity contribution in [3.05, 3.63) is 218 Å². The number of hydrogen-bond donors (Lipinski definition) is 0. The lowest BCUT2D eigenvalue weighted by Gasteiger charge is -2.34. The molecule has 0 aliphatic carbocycles. The predicted octanol–water partition coefficient (Wildman–Crippen LogP) is 8.56. The molecular weight excluding hydrogens is 733 g/mol. The Morgan fingerprint density at radius 3 is 1.44 bits per heavy atom. The van der Waals surface area contributed by atoms with E-state index in [1.54, 1.807) is 0 Å². The minimum Gasteiger partial charge on any atom is -0.458 e. The molecule has 0 N–H and O–H groups in total. The molecule has 5 heteroatoms. The van der Waals surface area contributed by atoms with Crippen LogP contribution in [0.2, 0.25) is 0 Å². The normalized spacial score (nSPS) is 12.6. The van der Waals surface area contributed by atoms with E-state index in [4.69, 9.17) is 9.47 Å². The average molecular weight is 770 g/mol. The van der Waals surface area contributed by atoms with Gasteiger partial charge in [0.05, 0.1) is 16.7 Å².